The van der Waals surface area contributed by atoms with Gasteiger partial charge in [-0.25, -0.2) is 0 Å². The molecule has 6 aromatic rings. The molecule has 361 valence electrons. The number of hydrogen-bond donors (Lipinski definition) is 0. The van der Waals surface area contributed by atoms with Crippen molar-refractivity contribution in [2.75, 3.05) is 0 Å². The van der Waals surface area contributed by atoms with Crippen molar-refractivity contribution >= 4 is 34.1 Å². The molecule has 0 heterocycles. The van der Waals surface area contributed by atoms with Crippen molar-refractivity contribution in [3.05, 3.63) is 177 Å². The summed E-state index contributed by atoms with van der Waals surface area (Å²) in [5.74, 6) is 0.0954. The molecule has 0 spiro atoms. The summed E-state index contributed by atoms with van der Waals surface area (Å²) >= 11 is 0. The molecule has 0 amide bonds. The summed E-state index contributed by atoms with van der Waals surface area (Å²) in [6.45, 7) is 38.1. The summed E-state index contributed by atoms with van der Waals surface area (Å²) < 4.78 is 0. The fourth-order valence-electron chi connectivity index (χ4n) is 6.98. The summed E-state index contributed by atoms with van der Waals surface area (Å²) in [6, 6.07) is 40.9. The Morgan fingerprint density at radius 2 is 0.478 bits per heavy atom. The van der Waals surface area contributed by atoms with E-state index in [1.54, 1.807) is 0 Å². The molecule has 0 atom stereocenters. The predicted octanol–water partition coefficient (Wildman–Crippen LogP) is 17.1. The molecule has 7 heteroatoms. The van der Waals surface area contributed by atoms with E-state index >= 15 is 0 Å². The van der Waals surface area contributed by atoms with Gasteiger partial charge in [0, 0.05) is 17.1 Å². The van der Waals surface area contributed by atoms with Crippen LogP contribution < -0.4 is 15.3 Å². The number of benzene rings is 6. The van der Waals surface area contributed by atoms with E-state index in [0.717, 1.165) is 50.4 Å². The standard InChI is InChI=1S/3C20H26NO.Mn/c3*1-19(2,3)14-12-16(20(4,5)6)18(22)17(13-14)21-15-10-8-7-9-11-15;/h3*7-13,22H,1-6H3;/q3*-1;/p-3. The SMILES string of the molecule is CC(C)(C)c1cc([N-]c2ccccc2)c([O-])c(C(C)(C)C)c1.CC(C)(C)c1cc([N-]c2ccccc2)c([O-])c(C(C)(C)C)c1.CC(C)(C)c1cc([N-]c2ccccc2)c([O-])c(C(C)(C)C)c1.[Mn]. The first-order chi connectivity index (χ1) is 30.3. The second-order valence-electron chi connectivity index (χ2n) is 23.5. The van der Waals surface area contributed by atoms with Gasteiger partial charge in [-0.05, 0) is 49.2 Å². The van der Waals surface area contributed by atoms with Gasteiger partial charge in [-0.15, -0.1) is 51.4 Å². The van der Waals surface area contributed by atoms with E-state index in [1.807, 2.05) is 127 Å². The van der Waals surface area contributed by atoms with Gasteiger partial charge in [0.25, 0.3) is 0 Å². The van der Waals surface area contributed by atoms with Crippen molar-refractivity contribution in [3.8, 4) is 17.2 Å². The Labute approximate surface area is 415 Å². The average Bonchev–Trinajstić information content (AvgIpc) is 3.19. The van der Waals surface area contributed by atoms with Crippen molar-refractivity contribution in [3.63, 3.8) is 0 Å². The van der Waals surface area contributed by atoms with E-state index in [1.165, 1.54) is 0 Å². The van der Waals surface area contributed by atoms with Crippen molar-refractivity contribution in [2.24, 2.45) is 0 Å². The van der Waals surface area contributed by atoms with Gasteiger partial charge in [-0.1, -0.05) is 269 Å². The van der Waals surface area contributed by atoms with Crippen LogP contribution in [0, 0.1) is 0 Å². The normalized spacial score (nSPS) is 12.1. The molecule has 0 aliphatic rings. The van der Waals surface area contributed by atoms with Crippen LogP contribution in [-0.2, 0) is 49.6 Å². The summed E-state index contributed by atoms with van der Waals surface area (Å²) in [5, 5.41) is 52.1. The van der Waals surface area contributed by atoms with Gasteiger partial charge < -0.3 is 31.3 Å². The van der Waals surface area contributed by atoms with Crippen LogP contribution in [0.2, 0.25) is 0 Å². The van der Waals surface area contributed by atoms with E-state index in [4.69, 9.17) is 0 Å². The van der Waals surface area contributed by atoms with Crippen LogP contribution in [-0.4, -0.2) is 0 Å². The number of nitrogens with zero attached hydrogens (tertiary/aromatic N) is 3. The van der Waals surface area contributed by atoms with E-state index < -0.39 is 0 Å². The Morgan fingerprint density at radius 3 is 0.642 bits per heavy atom. The first kappa shape index (κ1) is 56.0. The Balaban J connectivity index is 0.000000264. The number of hydrogen-bond acceptors (Lipinski definition) is 3. The van der Waals surface area contributed by atoms with Crippen LogP contribution in [0.4, 0.5) is 34.1 Å². The summed E-state index contributed by atoms with van der Waals surface area (Å²) in [6.07, 6.45) is 0. The molecule has 0 unspecified atom stereocenters. The third kappa shape index (κ3) is 15.9. The summed E-state index contributed by atoms with van der Waals surface area (Å²) in [4.78, 5) is 0. The Bertz CT molecular complexity index is 2230. The zero-order chi connectivity index (χ0) is 49.6. The van der Waals surface area contributed by atoms with Gasteiger partial charge in [0.15, 0.2) is 0 Å². The van der Waals surface area contributed by atoms with E-state index in [-0.39, 0.29) is 66.8 Å². The number of para-hydroxylation sites is 3. The van der Waals surface area contributed by atoms with Crippen LogP contribution >= 0.6 is 0 Å². The minimum atomic E-state index is -0.195. The van der Waals surface area contributed by atoms with Crippen molar-refractivity contribution in [2.45, 2.75) is 157 Å². The second kappa shape index (κ2) is 21.7. The van der Waals surface area contributed by atoms with Gasteiger partial charge in [0.1, 0.15) is 0 Å². The van der Waals surface area contributed by atoms with Gasteiger partial charge in [-0.3, -0.25) is 0 Å². The monoisotopic (exact) mass is 941 g/mol. The third-order valence-electron chi connectivity index (χ3n) is 11.2. The van der Waals surface area contributed by atoms with Crippen molar-refractivity contribution in [1.82, 2.24) is 0 Å². The van der Waals surface area contributed by atoms with E-state index in [0.29, 0.717) is 17.1 Å². The molecule has 6 rings (SSSR count). The molecule has 0 aromatic heterocycles. The molecule has 67 heavy (non-hydrogen) atoms. The van der Waals surface area contributed by atoms with Crippen LogP contribution in [0.1, 0.15) is 158 Å². The fraction of sp³-hybridized carbons (Fsp3) is 0.400. The topological polar surface area (TPSA) is 111 Å². The Kier molecular flexibility index (Phi) is 18.1. The minimum absolute atomic E-state index is 0. The molecule has 1 radical (unpaired) electrons. The van der Waals surface area contributed by atoms with Crippen LogP contribution in [0.5, 0.6) is 17.2 Å². The largest absolute Gasteiger partial charge is 0.873 e. The van der Waals surface area contributed by atoms with Gasteiger partial charge in [0.2, 0.25) is 0 Å². The molecule has 0 N–H and O–H groups in total. The van der Waals surface area contributed by atoms with Gasteiger partial charge in [0.05, 0.1) is 0 Å². The average molecular weight is 941 g/mol. The molecular weight excluding hydrogens is 866 g/mol. The molecular formula is C60H75MnN3O3-6. The minimum Gasteiger partial charge on any atom is -0.873 e. The maximum absolute atomic E-state index is 12.8. The predicted molar refractivity (Wildman–Crippen MR) is 277 cm³/mol. The first-order valence-corrected chi connectivity index (χ1v) is 23.2. The summed E-state index contributed by atoms with van der Waals surface area (Å²) in [5.41, 5.74) is 9.30. The quantitative estimate of drug-likeness (QED) is 0.155. The third-order valence-corrected chi connectivity index (χ3v) is 11.2. The maximum atomic E-state index is 12.8. The molecule has 0 fully saturated rings. The van der Waals surface area contributed by atoms with Crippen molar-refractivity contribution < 1.29 is 32.4 Å². The maximum Gasteiger partial charge on any atom is 0 e. The zero-order valence-electron chi connectivity index (χ0n) is 43.6. The fourth-order valence-corrected chi connectivity index (χ4v) is 6.98. The van der Waals surface area contributed by atoms with Gasteiger partial charge >= 0.3 is 0 Å². The molecule has 0 aliphatic carbocycles. The second-order valence-corrected chi connectivity index (χ2v) is 23.5. The Hall–Kier alpha value is -5.36. The first-order valence-electron chi connectivity index (χ1n) is 23.2. The molecule has 0 bridgehead atoms. The van der Waals surface area contributed by atoms with E-state index in [2.05, 4.69) is 141 Å². The Morgan fingerprint density at radius 1 is 0.284 bits per heavy atom. The molecule has 6 nitrogen and oxygen atoms in total. The smallest absolute Gasteiger partial charge is 0 e. The zero-order valence-corrected chi connectivity index (χ0v) is 44.7. The van der Waals surface area contributed by atoms with E-state index in [9.17, 15) is 15.3 Å². The molecule has 0 aliphatic heterocycles. The van der Waals surface area contributed by atoms with Crippen LogP contribution in [0.25, 0.3) is 16.0 Å². The molecule has 0 saturated heterocycles. The molecule has 0 saturated carbocycles. The van der Waals surface area contributed by atoms with Gasteiger partial charge in [-0.2, -0.15) is 0 Å². The van der Waals surface area contributed by atoms with Crippen molar-refractivity contribution in [1.29, 1.82) is 0 Å². The van der Waals surface area contributed by atoms with Crippen LogP contribution in [0.3, 0.4) is 0 Å². The number of rotatable bonds is 6. The molecule has 6 aromatic carbocycles. The summed E-state index contributed by atoms with van der Waals surface area (Å²) in [7, 11) is 0. The van der Waals surface area contributed by atoms with Crippen LogP contribution in [0.15, 0.2) is 127 Å².